The lowest BCUT2D eigenvalue weighted by molar-refractivity contribution is 0.328. The summed E-state index contributed by atoms with van der Waals surface area (Å²) in [6, 6.07) is 10.2. The van der Waals surface area contributed by atoms with E-state index in [-0.39, 0.29) is 6.04 Å². The molecule has 1 aromatic heterocycles. The Balaban J connectivity index is 2.21. The molecular formula is C14H19N3O. The monoisotopic (exact) mass is 245 g/mol. The number of benzene rings is 1. The fourth-order valence-electron chi connectivity index (χ4n) is 2.00. The highest BCUT2D eigenvalue weighted by Crippen LogP contribution is 2.25. The van der Waals surface area contributed by atoms with Gasteiger partial charge in [0.2, 0.25) is 0 Å². The number of hydrogen-bond donors (Lipinski definition) is 1. The predicted molar refractivity (Wildman–Crippen MR) is 71.6 cm³/mol. The molecule has 1 heterocycles. The zero-order valence-electron chi connectivity index (χ0n) is 10.8. The highest BCUT2D eigenvalue weighted by Gasteiger charge is 2.14. The van der Waals surface area contributed by atoms with Crippen LogP contribution in [0.3, 0.4) is 0 Å². The van der Waals surface area contributed by atoms with Gasteiger partial charge >= 0.3 is 0 Å². The lowest BCUT2D eigenvalue weighted by Crippen LogP contribution is -2.23. The summed E-state index contributed by atoms with van der Waals surface area (Å²) in [6.45, 7) is 3.46. The summed E-state index contributed by atoms with van der Waals surface area (Å²) >= 11 is 0. The highest BCUT2D eigenvalue weighted by molar-refractivity contribution is 5.35. The molecule has 0 amide bonds. The van der Waals surface area contributed by atoms with Crippen molar-refractivity contribution in [2.24, 2.45) is 0 Å². The number of para-hydroxylation sites is 1. The van der Waals surface area contributed by atoms with Crippen LogP contribution in [0.1, 0.15) is 18.5 Å². The smallest absolute Gasteiger partial charge is 0.124 e. The van der Waals surface area contributed by atoms with Crippen molar-refractivity contribution >= 4 is 0 Å². The van der Waals surface area contributed by atoms with E-state index in [1.807, 2.05) is 49.1 Å². The molecule has 0 aliphatic rings. The van der Waals surface area contributed by atoms with Gasteiger partial charge in [-0.15, -0.1) is 0 Å². The zero-order chi connectivity index (χ0) is 12.8. The van der Waals surface area contributed by atoms with Crippen molar-refractivity contribution in [3.05, 3.63) is 48.3 Å². The molecule has 1 atom stereocenters. The van der Waals surface area contributed by atoms with E-state index >= 15 is 0 Å². The lowest BCUT2D eigenvalue weighted by Gasteiger charge is -2.19. The van der Waals surface area contributed by atoms with Gasteiger partial charge in [-0.1, -0.05) is 18.2 Å². The van der Waals surface area contributed by atoms with E-state index in [1.54, 1.807) is 6.20 Å². The fraction of sp³-hybridized carbons (Fsp3) is 0.357. The topological polar surface area (TPSA) is 39.1 Å². The quantitative estimate of drug-likeness (QED) is 0.848. The van der Waals surface area contributed by atoms with E-state index in [9.17, 15) is 0 Å². The van der Waals surface area contributed by atoms with Gasteiger partial charge in [0.05, 0.1) is 19.2 Å². The van der Waals surface area contributed by atoms with Gasteiger partial charge in [-0.05, 0) is 26.1 Å². The molecule has 4 heteroatoms. The summed E-state index contributed by atoms with van der Waals surface area (Å²) in [5.41, 5.74) is 1.16. The van der Waals surface area contributed by atoms with Crippen LogP contribution in [-0.4, -0.2) is 23.4 Å². The summed E-state index contributed by atoms with van der Waals surface area (Å²) in [4.78, 5) is 0. The average molecular weight is 245 g/mol. The van der Waals surface area contributed by atoms with Crippen LogP contribution in [-0.2, 0) is 6.54 Å². The molecule has 0 aliphatic heterocycles. The zero-order valence-corrected chi connectivity index (χ0v) is 10.8. The second-order valence-corrected chi connectivity index (χ2v) is 4.04. The molecule has 1 unspecified atom stereocenters. The maximum absolute atomic E-state index is 5.67. The van der Waals surface area contributed by atoms with Gasteiger partial charge < -0.3 is 10.1 Å². The van der Waals surface area contributed by atoms with Crippen molar-refractivity contribution in [3.63, 3.8) is 0 Å². The Labute approximate surface area is 108 Å². The van der Waals surface area contributed by atoms with E-state index in [2.05, 4.69) is 16.5 Å². The normalized spacial score (nSPS) is 12.3. The van der Waals surface area contributed by atoms with Crippen LogP contribution in [0.5, 0.6) is 5.75 Å². The van der Waals surface area contributed by atoms with Crippen LogP contribution in [0.4, 0.5) is 0 Å². The largest absolute Gasteiger partial charge is 0.494 e. The molecule has 2 aromatic rings. The number of rotatable bonds is 6. The summed E-state index contributed by atoms with van der Waals surface area (Å²) in [5, 5.41) is 7.56. The van der Waals surface area contributed by atoms with E-state index in [0.29, 0.717) is 6.61 Å². The van der Waals surface area contributed by atoms with Gasteiger partial charge in [0.25, 0.3) is 0 Å². The summed E-state index contributed by atoms with van der Waals surface area (Å²) in [7, 11) is 1.96. The van der Waals surface area contributed by atoms with Crippen molar-refractivity contribution in [1.82, 2.24) is 15.1 Å². The third kappa shape index (κ3) is 2.90. The third-order valence-corrected chi connectivity index (χ3v) is 2.87. The molecule has 0 aliphatic carbocycles. The minimum absolute atomic E-state index is 0.188. The molecule has 0 saturated carbocycles. The second-order valence-electron chi connectivity index (χ2n) is 4.04. The van der Waals surface area contributed by atoms with Gasteiger partial charge in [-0.2, -0.15) is 5.10 Å². The number of likely N-dealkylation sites (N-methyl/N-ethyl adjacent to an activating group) is 1. The van der Waals surface area contributed by atoms with Crippen LogP contribution >= 0.6 is 0 Å². The number of hydrogen-bond acceptors (Lipinski definition) is 3. The Kier molecular flexibility index (Phi) is 4.36. The van der Waals surface area contributed by atoms with Crippen LogP contribution in [0.25, 0.3) is 0 Å². The van der Waals surface area contributed by atoms with Crippen molar-refractivity contribution in [2.75, 3.05) is 13.7 Å². The summed E-state index contributed by atoms with van der Waals surface area (Å²) in [6.07, 6.45) is 3.76. The van der Waals surface area contributed by atoms with Crippen LogP contribution in [0, 0.1) is 0 Å². The van der Waals surface area contributed by atoms with Crippen LogP contribution in [0.2, 0.25) is 0 Å². The van der Waals surface area contributed by atoms with Crippen molar-refractivity contribution < 1.29 is 4.74 Å². The van der Waals surface area contributed by atoms with Crippen molar-refractivity contribution in [1.29, 1.82) is 0 Å². The second kappa shape index (κ2) is 6.21. The molecule has 1 N–H and O–H groups in total. The van der Waals surface area contributed by atoms with E-state index in [1.165, 1.54) is 0 Å². The van der Waals surface area contributed by atoms with E-state index < -0.39 is 0 Å². The van der Waals surface area contributed by atoms with Gasteiger partial charge in [0, 0.05) is 18.0 Å². The summed E-state index contributed by atoms with van der Waals surface area (Å²) in [5.74, 6) is 0.937. The lowest BCUT2D eigenvalue weighted by atomic mass is 10.1. The maximum atomic E-state index is 5.67. The minimum Gasteiger partial charge on any atom is -0.494 e. The molecule has 0 saturated heterocycles. The molecule has 0 fully saturated rings. The SMILES string of the molecule is CCOc1ccccc1C(Cn1cccn1)NC. The minimum atomic E-state index is 0.188. The Hall–Kier alpha value is -1.81. The Morgan fingerprint density at radius 3 is 2.83 bits per heavy atom. The Bertz CT molecular complexity index is 468. The molecule has 0 spiro atoms. The molecule has 1 aromatic carbocycles. The van der Waals surface area contributed by atoms with Gasteiger partial charge in [0.15, 0.2) is 0 Å². The van der Waals surface area contributed by atoms with Crippen LogP contribution < -0.4 is 10.1 Å². The van der Waals surface area contributed by atoms with E-state index in [0.717, 1.165) is 17.9 Å². The standard InChI is InChI=1S/C14H19N3O/c1-3-18-14-8-5-4-7-12(14)13(15-2)11-17-10-6-9-16-17/h4-10,13,15H,3,11H2,1-2H3. The number of nitrogens with zero attached hydrogens (tertiary/aromatic N) is 2. The molecule has 2 rings (SSSR count). The van der Waals surface area contributed by atoms with Crippen LogP contribution in [0.15, 0.2) is 42.7 Å². The number of nitrogens with one attached hydrogen (secondary N) is 1. The van der Waals surface area contributed by atoms with E-state index in [4.69, 9.17) is 4.74 Å². The maximum Gasteiger partial charge on any atom is 0.124 e. The van der Waals surface area contributed by atoms with Gasteiger partial charge in [-0.25, -0.2) is 0 Å². The van der Waals surface area contributed by atoms with Gasteiger partial charge in [-0.3, -0.25) is 4.68 Å². The first-order valence-corrected chi connectivity index (χ1v) is 6.21. The fourth-order valence-corrected chi connectivity index (χ4v) is 2.00. The molecule has 18 heavy (non-hydrogen) atoms. The highest BCUT2D eigenvalue weighted by atomic mass is 16.5. The molecule has 96 valence electrons. The average Bonchev–Trinajstić information content (AvgIpc) is 2.90. The van der Waals surface area contributed by atoms with Crippen molar-refractivity contribution in [3.8, 4) is 5.75 Å². The van der Waals surface area contributed by atoms with Crippen molar-refractivity contribution in [2.45, 2.75) is 19.5 Å². The molecule has 4 nitrogen and oxygen atoms in total. The summed E-state index contributed by atoms with van der Waals surface area (Å²) < 4.78 is 7.59. The molecule has 0 bridgehead atoms. The molecule has 0 radical (unpaired) electrons. The predicted octanol–water partition coefficient (Wildman–Crippen LogP) is 2.24. The Morgan fingerprint density at radius 2 is 2.17 bits per heavy atom. The number of aromatic nitrogens is 2. The first-order chi connectivity index (χ1) is 8.85. The molecular weight excluding hydrogens is 226 g/mol. The first kappa shape index (κ1) is 12.6. The number of ether oxygens (including phenoxy) is 1. The first-order valence-electron chi connectivity index (χ1n) is 6.21. The van der Waals surface area contributed by atoms with Gasteiger partial charge in [0.1, 0.15) is 5.75 Å². The third-order valence-electron chi connectivity index (χ3n) is 2.87. The Morgan fingerprint density at radius 1 is 1.33 bits per heavy atom.